The first-order valence-corrected chi connectivity index (χ1v) is 10.2. The summed E-state index contributed by atoms with van der Waals surface area (Å²) in [4.78, 5) is 29.3. The zero-order chi connectivity index (χ0) is 20.9. The fourth-order valence-corrected chi connectivity index (χ4v) is 3.88. The van der Waals surface area contributed by atoms with Crippen LogP contribution in [0.5, 0.6) is 0 Å². The number of nitrogens with zero attached hydrogens (tertiary/aromatic N) is 2. The highest BCUT2D eigenvalue weighted by atomic mass is 16.2. The summed E-state index contributed by atoms with van der Waals surface area (Å²) in [5, 5.41) is 3.36. The number of piperazine rings is 1. The van der Waals surface area contributed by atoms with Crippen molar-refractivity contribution in [1.82, 2.24) is 9.80 Å². The van der Waals surface area contributed by atoms with Crippen LogP contribution in [0.25, 0.3) is 0 Å². The molecular formula is C25H25N3O2. The van der Waals surface area contributed by atoms with Crippen molar-refractivity contribution >= 4 is 23.2 Å². The first-order valence-electron chi connectivity index (χ1n) is 10.2. The molecule has 0 radical (unpaired) electrons. The number of amides is 2. The number of anilines is 2. The average Bonchev–Trinajstić information content (AvgIpc) is 2.80. The molecule has 1 aliphatic rings. The summed E-state index contributed by atoms with van der Waals surface area (Å²) in [6, 6.07) is 27.1. The molecule has 30 heavy (non-hydrogen) atoms. The second-order valence-electron chi connectivity index (χ2n) is 7.43. The quantitative estimate of drug-likeness (QED) is 0.704. The van der Waals surface area contributed by atoms with Crippen LogP contribution in [-0.2, 0) is 4.79 Å². The Morgan fingerprint density at radius 1 is 0.833 bits per heavy atom. The number of hydrogen-bond acceptors (Lipinski definition) is 3. The summed E-state index contributed by atoms with van der Waals surface area (Å²) >= 11 is 0. The van der Waals surface area contributed by atoms with E-state index in [0.717, 1.165) is 16.9 Å². The van der Waals surface area contributed by atoms with Gasteiger partial charge in [0.1, 0.15) is 0 Å². The molecule has 0 bridgehead atoms. The molecule has 1 unspecified atom stereocenters. The molecule has 2 amide bonds. The van der Waals surface area contributed by atoms with E-state index in [9.17, 15) is 9.59 Å². The van der Waals surface area contributed by atoms with Gasteiger partial charge in [-0.3, -0.25) is 9.59 Å². The fourth-order valence-electron chi connectivity index (χ4n) is 3.88. The molecule has 5 heteroatoms. The smallest absolute Gasteiger partial charge is 0.256 e. The Bertz CT molecular complexity index is 1020. The minimum absolute atomic E-state index is 0.0360. The molecule has 1 saturated heterocycles. The highest BCUT2D eigenvalue weighted by Gasteiger charge is 2.33. The summed E-state index contributed by atoms with van der Waals surface area (Å²) in [5.41, 5.74) is 3.36. The van der Waals surface area contributed by atoms with Gasteiger partial charge >= 0.3 is 0 Å². The van der Waals surface area contributed by atoms with Crippen LogP contribution in [0.15, 0.2) is 84.9 Å². The van der Waals surface area contributed by atoms with Crippen LogP contribution in [-0.4, -0.2) is 41.2 Å². The van der Waals surface area contributed by atoms with Gasteiger partial charge in [-0.1, -0.05) is 60.7 Å². The van der Waals surface area contributed by atoms with Crippen molar-refractivity contribution in [3.05, 3.63) is 96.1 Å². The summed E-state index contributed by atoms with van der Waals surface area (Å²) in [5.74, 6) is 0.000241. The molecule has 0 saturated carbocycles. The molecular weight excluding hydrogens is 374 g/mol. The topological polar surface area (TPSA) is 52.7 Å². The minimum Gasteiger partial charge on any atom is -0.355 e. The Hall–Kier alpha value is -3.60. The Morgan fingerprint density at radius 3 is 2.17 bits per heavy atom. The third-order valence-electron chi connectivity index (χ3n) is 5.48. The van der Waals surface area contributed by atoms with E-state index in [1.54, 1.807) is 6.92 Å². The lowest BCUT2D eigenvalue weighted by Crippen LogP contribution is -2.52. The molecule has 1 atom stereocenters. The van der Waals surface area contributed by atoms with E-state index in [0.29, 0.717) is 25.2 Å². The van der Waals surface area contributed by atoms with Crippen LogP contribution in [0.4, 0.5) is 11.4 Å². The lowest BCUT2D eigenvalue weighted by Gasteiger charge is -2.41. The first-order chi connectivity index (χ1) is 14.6. The summed E-state index contributed by atoms with van der Waals surface area (Å²) in [6.07, 6.45) is 0. The number of hydrogen-bond donors (Lipinski definition) is 1. The third kappa shape index (κ3) is 4.20. The van der Waals surface area contributed by atoms with Gasteiger partial charge in [0, 0.05) is 32.2 Å². The maximum atomic E-state index is 13.7. The standard InChI is InChI=1S/C25H25N3O2/c1-19(29)27-16-17-28(24(18-27)20-10-4-2-5-11-20)25(30)22-14-8-9-15-23(22)26-21-12-6-3-7-13-21/h2-15,24,26H,16-18H2,1H3. The SMILES string of the molecule is CC(=O)N1CCN(C(=O)c2ccccc2Nc2ccccc2)C(c2ccccc2)C1. The Labute approximate surface area is 176 Å². The number of rotatable bonds is 4. The van der Waals surface area contributed by atoms with Crippen LogP contribution in [0.2, 0.25) is 0 Å². The molecule has 0 aromatic heterocycles. The first kappa shape index (κ1) is 19.7. The van der Waals surface area contributed by atoms with Gasteiger partial charge in [-0.05, 0) is 29.8 Å². The van der Waals surface area contributed by atoms with E-state index in [4.69, 9.17) is 0 Å². The van der Waals surface area contributed by atoms with Gasteiger partial charge in [0.05, 0.1) is 17.3 Å². The molecule has 152 valence electrons. The van der Waals surface area contributed by atoms with Gasteiger partial charge in [-0.15, -0.1) is 0 Å². The maximum absolute atomic E-state index is 13.7. The van der Waals surface area contributed by atoms with Crippen LogP contribution < -0.4 is 5.32 Å². The number of benzene rings is 3. The normalized spacial score (nSPS) is 16.2. The van der Waals surface area contributed by atoms with Crippen LogP contribution in [0, 0.1) is 0 Å². The van der Waals surface area contributed by atoms with Crippen molar-refractivity contribution in [2.45, 2.75) is 13.0 Å². The van der Waals surface area contributed by atoms with Crippen LogP contribution in [0.3, 0.4) is 0 Å². The molecule has 4 rings (SSSR count). The monoisotopic (exact) mass is 399 g/mol. The predicted octanol–water partition coefficient (Wildman–Crippen LogP) is 4.48. The van der Waals surface area contributed by atoms with E-state index in [-0.39, 0.29) is 17.9 Å². The molecule has 1 aliphatic heterocycles. The molecule has 3 aromatic carbocycles. The predicted molar refractivity (Wildman–Crippen MR) is 119 cm³/mol. The van der Waals surface area contributed by atoms with Crippen molar-refractivity contribution in [2.75, 3.05) is 25.0 Å². The summed E-state index contributed by atoms with van der Waals surface area (Å²) < 4.78 is 0. The molecule has 1 N–H and O–H groups in total. The van der Waals surface area contributed by atoms with Gasteiger partial charge in [-0.25, -0.2) is 0 Å². The lowest BCUT2D eigenvalue weighted by atomic mass is 10.0. The average molecular weight is 399 g/mol. The van der Waals surface area contributed by atoms with Crippen molar-refractivity contribution in [1.29, 1.82) is 0 Å². The summed E-state index contributed by atoms with van der Waals surface area (Å²) in [6.45, 7) is 3.12. The molecule has 5 nitrogen and oxygen atoms in total. The van der Waals surface area contributed by atoms with Crippen molar-refractivity contribution in [3.8, 4) is 0 Å². The lowest BCUT2D eigenvalue weighted by molar-refractivity contribution is -0.131. The van der Waals surface area contributed by atoms with Gasteiger partial charge in [0.15, 0.2) is 0 Å². The Balaban J connectivity index is 1.65. The highest BCUT2D eigenvalue weighted by Crippen LogP contribution is 2.30. The Kier molecular flexibility index (Phi) is 5.80. The van der Waals surface area contributed by atoms with Gasteiger partial charge in [0.2, 0.25) is 5.91 Å². The van der Waals surface area contributed by atoms with E-state index in [1.165, 1.54) is 0 Å². The molecule has 0 spiro atoms. The van der Waals surface area contributed by atoms with Crippen molar-refractivity contribution in [2.24, 2.45) is 0 Å². The second kappa shape index (κ2) is 8.82. The third-order valence-corrected chi connectivity index (χ3v) is 5.48. The van der Waals surface area contributed by atoms with E-state index >= 15 is 0 Å². The number of para-hydroxylation sites is 2. The van der Waals surface area contributed by atoms with Crippen LogP contribution >= 0.6 is 0 Å². The molecule has 3 aromatic rings. The maximum Gasteiger partial charge on any atom is 0.256 e. The molecule has 1 heterocycles. The fraction of sp³-hybridized carbons (Fsp3) is 0.200. The zero-order valence-electron chi connectivity index (χ0n) is 17.0. The van der Waals surface area contributed by atoms with E-state index in [2.05, 4.69) is 5.32 Å². The van der Waals surface area contributed by atoms with Gasteiger partial charge in [-0.2, -0.15) is 0 Å². The minimum atomic E-state index is -0.180. The van der Waals surface area contributed by atoms with Gasteiger partial charge in [0.25, 0.3) is 5.91 Å². The largest absolute Gasteiger partial charge is 0.355 e. The second-order valence-corrected chi connectivity index (χ2v) is 7.43. The summed E-state index contributed by atoms with van der Waals surface area (Å²) in [7, 11) is 0. The van der Waals surface area contributed by atoms with Crippen molar-refractivity contribution < 1.29 is 9.59 Å². The van der Waals surface area contributed by atoms with E-state index < -0.39 is 0 Å². The van der Waals surface area contributed by atoms with Crippen LogP contribution in [0.1, 0.15) is 28.9 Å². The Morgan fingerprint density at radius 2 is 1.47 bits per heavy atom. The van der Waals surface area contributed by atoms with Crippen molar-refractivity contribution in [3.63, 3.8) is 0 Å². The number of carbonyl (C=O) groups is 2. The van der Waals surface area contributed by atoms with Gasteiger partial charge < -0.3 is 15.1 Å². The number of nitrogens with one attached hydrogen (secondary N) is 1. The molecule has 1 fully saturated rings. The zero-order valence-corrected chi connectivity index (χ0v) is 17.0. The number of carbonyl (C=O) groups excluding carboxylic acids is 2. The highest BCUT2D eigenvalue weighted by molar-refractivity contribution is 6.00. The molecule has 0 aliphatic carbocycles. The van der Waals surface area contributed by atoms with E-state index in [1.807, 2.05) is 94.7 Å².